The van der Waals surface area contributed by atoms with E-state index < -0.39 is 5.63 Å². The summed E-state index contributed by atoms with van der Waals surface area (Å²) in [5.41, 5.74) is 0.258. The molecule has 2 aromatic heterocycles. The molecular formula is C10H10N2O3. The Morgan fingerprint density at radius 2 is 1.87 bits per heavy atom. The van der Waals surface area contributed by atoms with Crippen molar-refractivity contribution in [3.8, 4) is 5.75 Å². The number of aromatic nitrogens is 2. The number of aryl methyl sites for hydroxylation is 3. The molecule has 0 aromatic carbocycles. The lowest BCUT2D eigenvalue weighted by Gasteiger charge is -2.04. The van der Waals surface area contributed by atoms with E-state index in [1.807, 2.05) is 0 Å². The number of rotatable bonds is 0. The minimum Gasteiger partial charge on any atom is -0.503 e. The van der Waals surface area contributed by atoms with Crippen molar-refractivity contribution < 1.29 is 9.52 Å². The van der Waals surface area contributed by atoms with Crippen molar-refractivity contribution in [3.63, 3.8) is 0 Å². The highest BCUT2D eigenvalue weighted by molar-refractivity contribution is 5.85. The number of aromatic hydroxyl groups is 1. The number of hydrogen-bond donors (Lipinski definition) is 1. The molecule has 0 amide bonds. The molecule has 0 aliphatic carbocycles. The number of fused-ring (bicyclic) bond motifs is 1. The van der Waals surface area contributed by atoms with Crippen LogP contribution in [0.2, 0.25) is 0 Å². The van der Waals surface area contributed by atoms with Crippen molar-refractivity contribution in [2.24, 2.45) is 0 Å². The predicted octanol–water partition coefficient (Wildman–Crippen LogP) is 1.21. The summed E-state index contributed by atoms with van der Waals surface area (Å²) < 4.78 is 4.86. The summed E-state index contributed by atoms with van der Waals surface area (Å²) in [5.74, 6) is 0.587. The quantitative estimate of drug-likeness (QED) is 0.701. The number of nitrogens with zero attached hydrogens (tertiary/aromatic N) is 2. The normalized spacial score (nSPS) is 10.9. The molecule has 0 aliphatic rings. The van der Waals surface area contributed by atoms with Crippen LogP contribution in [-0.4, -0.2) is 15.1 Å². The van der Waals surface area contributed by atoms with E-state index >= 15 is 0 Å². The Morgan fingerprint density at radius 1 is 1.20 bits per heavy atom. The second kappa shape index (κ2) is 3.05. The first kappa shape index (κ1) is 9.64. The van der Waals surface area contributed by atoms with Crippen LogP contribution in [0.5, 0.6) is 5.75 Å². The minimum atomic E-state index is -0.516. The summed E-state index contributed by atoms with van der Waals surface area (Å²) >= 11 is 0. The van der Waals surface area contributed by atoms with Gasteiger partial charge in [-0.3, -0.25) is 0 Å². The van der Waals surface area contributed by atoms with Crippen molar-refractivity contribution in [1.29, 1.82) is 0 Å². The van der Waals surface area contributed by atoms with Gasteiger partial charge in [0.15, 0.2) is 5.75 Å². The largest absolute Gasteiger partial charge is 0.503 e. The third-order valence-corrected chi connectivity index (χ3v) is 2.21. The zero-order valence-corrected chi connectivity index (χ0v) is 8.66. The topological polar surface area (TPSA) is 76.2 Å². The molecule has 1 N–H and O–H groups in total. The molecule has 0 aliphatic heterocycles. The molecule has 5 heteroatoms. The maximum atomic E-state index is 11.5. The molecule has 78 valence electrons. The minimum absolute atomic E-state index is 0.0989. The van der Waals surface area contributed by atoms with Gasteiger partial charge in [0.25, 0.3) is 0 Å². The fourth-order valence-electron chi connectivity index (χ4n) is 1.53. The zero-order valence-electron chi connectivity index (χ0n) is 8.66. The maximum Gasteiger partial charge on any atom is 0.347 e. The third kappa shape index (κ3) is 1.36. The van der Waals surface area contributed by atoms with Gasteiger partial charge >= 0.3 is 5.63 Å². The first-order valence-electron chi connectivity index (χ1n) is 4.48. The van der Waals surface area contributed by atoms with Gasteiger partial charge in [0.1, 0.15) is 22.5 Å². The van der Waals surface area contributed by atoms with Crippen LogP contribution in [0.25, 0.3) is 10.9 Å². The summed E-state index contributed by atoms with van der Waals surface area (Å²) in [5, 5.41) is 9.95. The van der Waals surface area contributed by atoms with E-state index in [0.717, 1.165) is 0 Å². The second-order valence-corrected chi connectivity index (χ2v) is 3.37. The first-order chi connectivity index (χ1) is 7.00. The molecule has 0 fully saturated rings. The van der Waals surface area contributed by atoms with Crippen LogP contribution < -0.4 is 5.63 Å². The molecule has 0 unspecified atom stereocenters. The second-order valence-electron chi connectivity index (χ2n) is 3.37. The van der Waals surface area contributed by atoms with Gasteiger partial charge in [-0.15, -0.1) is 0 Å². The highest BCUT2D eigenvalue weighted by atomic mass is 16.4. The Hall–Kier alpha value is -1.91. The summed E-state index contributed by atoms with van der Waals surface area (Å²) in [6.45, 7) is 4.90. The lowest BCUT2D eigenvalue weighted by Crippen LogP contribution is -2.06. The average Bonchev–Trinajstić information content (AvgIpc) is 2.12. The van der Waals surface area contributed by atoms with Gasteiger partial charge in [0.05, 0.1) is 5.69 Å². The smallest absolute Gasteiger partial charge is 0.347 e. The summed E-state index contributed by atoms with van der Waals surface area (Å²) in [6, 6.07) is 0. The van der Waals surface area contributed by atoms with E-state index in [1.165, 1.54) is 6.92 Å². The summed E-state index contributed by atoms with van der Waals surface area (Å²) in [7, 11) is 0. The van der Waals surface area contributed by atoms with Crippen LogP contribution in [0.1, 0.15) is 17.3 Å². The molecule has 2 rings (SSSR count). The van der Waals surface area contributed by atoms with Crippen LogP contribution >= 0.6 is 0 Å². The molecule has 2 aromatic rings. The van der Waals surface area contributed by atoms with E-state index in [4.69, 9.17) is 4.42 Å². The molecule has 0 radical (unpaired) electrons. The molecule has 2 heterocycles. The van der Waals surface area contributed by atoms with Crippen LogP contribution in [0.4, 0.5) is 0 Å². The Bertz CT molecular complexity index is 602. The summed E-state index contributed by atoms with van der Waals surface area (Å²) in [4.78, 5) is 19.6. The standard InChI is InChI=1S/C10H10N2O3/c1-4-7-8(12-6(3)11-4)9(13)5(2)15-10(7)14/h13H,1-3H3. The predicted molar refractivity (Wildman–Crippen MR) is 53.9 cm³/mol. The Kier molecular flexibility index (Phi) is 1.96. The fraction of sp³-hybridized carbons (Fsp3) is 0.300. The van der Waals surface area contributed by atoms with Crippen molar-refractivity contribution in [1.82, 2.24) is 9.97 Å². The van der Waals surface area contributed by atoms with Gasteiger partial charge in [-0.1, -0.05) is 0 Å². The van der Waals surface area contributed by atoms with E-state index in [0.29, 0.717) is 11.5 Å². The van der Waals surface area contributed by atoms with Crippen LogP contribution in [-0.2, 0) is 0 Å². The highest BCUT2D eigenvalue weighted by Gasteiger charge is 2.14. The molecule has 0 spiro atoms. The van der Waals surface area contributed by atoms with Crippen molar-refractivity contribution in [2.75, 3.05) is 0 Å². The first-order valence-corrected chi connectivity index (χ1v) is 4.48. The molecule has 0 bridgehead atoms. The Balaban J connectivity index is 3.10. The van der Waals surface area contributed by atoms with E-state index in [-0.39, 0.29) is 22.4 Å². The Morgan fingerprint density at radius 3 is 2.53 bits per heavy atom. The maximum absolute atomic E-state index is 11.5. The molecule has 5 nitrogen and oxygen atoms in total. The van der Waals surface area contributed by atoms with Gasteiger partial charge in [-0.2, -0.15) is 0 Å². The van der Waals surface area contributed by atoms with Gasteiger partial charge in [0, 0.05) is 0 Å². The van der Waals surface area contributed by atoms with Crippen LogP contribution in [0, 0.1) is 20.8 Å². The van der Waals surface area contributed by atoms with E-state index in [9.17, 15) is 9.90 Å². The highest BCUT2D eigenvalue weighted by Crippen LogP contribution is 2.24. The SMILES string of the molecule is Cc1nc(C)c2c(=O)oc(C)c(O)c2n1. The van der Waals surface area contributed by atoms with Crippen LogP contribution in [0.15, 0.2) is 9.21 Å². The molecular weight excluding hydrogens is 196 g/mol. The van der Waals surface area contributed by atoms with E-state index in [1.54, 1.807) is 13.8 Å². The van der Waals surface area contributed by atoms with Gasteiger partial charge in [-0.25, -0.2) is 14.8 Å². The molecule has 15 heavy (non-hydrogen) atoms. The van der Waals surface area contributed by atoms with Crippen LogP contribution in [0.3, 0.4) is 0 Å². The molecule has 0 saturated heterocycles. The van der Waals surface area contributed by atoms with Crippen molar-refractivity contribution in [3.05, 3.63) is 27.7 Å². The third-order valence-electron chi connectivity index (χ3n) is 2.21. The van der Waals surface area contributed by atoms with Crippen molar-refractivity contribution >= 4 is 10.9 Å². The summed E-state index contributed by atoms with van der Waals surface area (Å²) in [6.07, 6.45) is 0. The lowest BCUT2D eigenvalue weighted by molar-refractivity contribution is 0.410. The van der Waals surface area contributed by atoms with Gasteiger partial charge in [-0.05, 0) is 20.8 Å². The Labute approximate surface area is 85.4 Å². The van der Waals surface area contributed by atoms with Crippen molar-refractivity contribution in [2.45, 2.75) is 20.8 Å². The monoisotopic (exact) mass is 206 g/mol. The molecule has 0 atom stereocenters. The fourth-order valence-corrected chi connectivity index (χ4v) is 1.53. The zero-order chi connectivity index (χ0) is 11.2. The average molecular weight is 206 g/mol. The number of hydrogen-bond acceptors (Lipinski definition) is 5. The van der Waals surface area contributed by atoms with E-state index in [2.05, 4.69) is 9.97 Å². The van der Waals surface area contributed by atoms with Gasteiger partial charge in [0.2, 0.25) is 0 Å². The lowest BCUT2D eigenvalue weighted by atomic mass is 10.2. The van der Waals surface area contributed by atoms with Gasteiger partial charge < -0.3 is 9.52 Å². The molecule has 0 saturated carbocycles.